The maximum Gasteiger partial charge on any atom is 0.239 e. The molecule has 0 spiro atoms. The van der Waals surface area contributed by atoms with Crippen molar-refractivity contribution in [3.8, 4) is 0 Å². The smallest absolute Gasteiger partial charge is 0.239 e. The van der Waals surface area contributed by atoms with Crippen LogP contribution in [-0.2, 0) is 9.59 Å². The summed E-state index contributed by atoms with van der Waals surface area (Å²) >= 11 is 0. The summed E-state index contributed by atoms with van der Waals surface area (Å²) in [6.07, 6.45) is 0.752. The van der Waals surface area contributed by atoms with E-state index < -0.39 is 0 Å². The highest BCUT2D eigenvalue weighted by Crippen LogP contribution is 2.27. The number of nitrogens with one attached hydrogen (secondary N) is 4. The van der Waals surface area contributed by atoms with Gasteiger partial charge in [0.05, 0.1) is 13.1 Å². The Morgan fingerprint density at radius 3 is 2.00 bits per heavy atom. The molecule has 0 aliphatic heterocycles. The molecule has 0 atom stereocenters. The van der Waals surface area contributed by atoms with Crippen LogP contribution in [0.15, 0.2) is 84.9 Å². The average molecular weight is 444 g/mol. The van der Waals surface area contributed by atoms with E-state index in [1.54, 1.807) is 24.3 Å². The number of amides is 2. The SMILES string of the molecule is N=C(N)c1cccc(NCC(=O)NCC(=O)NCCC(c2ccccc2)c2ccccc2)c1. The van der Waals surface area contributed by atoms with Crippen molar-refractivity contribution in [2.24, 2.45) is 5.73 Å². The second kappa shape index (κ2) is 12.0. The minimum Gasteiger partial charge on any atom is -0.384 e. The fourth-order valence-electron chi connectivity index (χ4n) is 3.54. The van der Waals surface area contributed by atoms with Gasteiger partial charge in [-0.05, 0) is 29.7 Å². The molecule has 3 rings (SSSR count). The van der Waals surface area contributed by atoms with Crippen LogP contribution in [0.2, 0.25) is 0 Å². The van der Waals surface area contributed by atoms with E-state index in [1.807, 2.05) is 36.4 Å². The molecule has 0 aliphatic carbocycles. The lowest BCUT2D eigenvalue weighted by molar-refractivity contribution is -0.125. The van der Waals surface area contributed by atoms with Crippen molar-refractivity contribution >= 4 is 23.3 Å². The van der Waals surface area contributed by atoms with E-state index >= 15 is 0 Å². The molecule has 0 heterocycles. The molecule has 170 valence electrons. The Balaban J connectivity index is 1.42. The van der Waals surface area contributed by atoms with Crippen molar-refractivity contribution < 1.29 is 9.59 Å². The number of nitrogen functional groups attached to an aromatic ring is 1. The number of rotatable bonds is 11. The zero-order valence-electron chi connectivity index (χ0n) is 18.4. The largest absolute Gasteiger partial charge is 0.384 e. The van der Waals surface area contributed by atoms with E-state index in [4.69, 9.17) is 11.1 Å². The van der Waals surface area contributed by atoms with E-state index in [-0.39, 0.29) is 36.7 Å². The van der Waals surface area contributed by atoms with Gasteiger partial charge in [0, 0.05) is 23.7 Å². The lowest BCUT2D eigenvalue weighted by atomic mass is 9.88. The lowest BCUT2D eigenvalue weighted by Crippen LogP contribution is -2.39. The van der Waals surface area contributed by atoms with E-state index in [2.05, 4.69) is 40.2 Å². The molecule has 0 aliphatic rings. The number of amidine groups is 1. The molecular weight excluding hydrogens is 414 g/mol. The van der Waals surface area contributed by atoms with Crippen molar-refractivity contribution in [1.29, 1.82) is 5.41 Å². The molecule has 0 bridgehead atoms. The third-order valence-corrected chi connectivity index (χ3v) is 5.23. The van der Waals surface area contributed by atoms with Gasteiger partial charge in [0.2, 0.25) is 11.8 Å². The number of nitrogens with two attached hydrogens (primary N) is 1. The molecule has 0 fully saturated rings. The van der Waals surface area contributed by atoms with Crippen LogP contribution in [0.3, 0.4) is 0 Å². The fourth-order valence-corrected chi connectivity index (χ4v) is 3.54. The highest BCUT2D eigenvalue weighted by molar-refractivity contribution is 5.96. The minimum atomic E-state index is -0.301. The molecule has 7 heteroatoms. The lowest BCUT2D eigenvalue weighted by Gasteiger charge is -2.18. The Hall–Kier alpha value is -4.13. The Labute approximate surface area is 193 Å². The van der Waals surface area contributed by atoms with Gasteiger partial charge in [-0.3, -0.25) is 15.0 Å². The molecule has 3 aromatic rings. The predicted molar refractivity (Wildman–Crippen MR) is 131 cm³/mol. The van der Waals surface area contributed by atoms with Gasteiger partial charge in [-0.25, -0.2) is 0 Å². The first-order valence-electron chi connectivity index (χ1n) is 10.8. The van der Waals surface area contributed by atoms with Crippen LogP contribution in [0.4, 0.5) is 5.69 Å². The summed E-state index contributed by atoms with van der Waals surface area (Å²) in [6, 6.07) is 27.4. The number of hydrogen-bond acceptors (Lipinski definition) is 4. The number of anilines is 1. The van der Waals surface area contributed by atoms with Crippen LogP contribution in [0.1, 0.15) is 29.0 Å². The summed E-state index contributed by atoms with van der Waals surface area (Å²) in [5.41, 5.74) is 9.13. The van der Waals surface area contributed by atoms with Gasteiger partial charge in [0.1, 0.15) is 5.84 Å². The molecule has 0 saturated carbocycles. The summed E-state index contributed by atoms with van der Waals surface area (Å²) in [5.74, 6) is -0.398. The normalized spacial score (nSPS) is 10.5. The third kappa shape index (κ3) is 7.50. The highest BCUT2D eigenvalue weighted by atomic mass is 16.2. The molecular formula is C26H29N5O2. The van der Waals surface area contributed by atoms with Gasteiger partial charge < -0.3 is 21.7 Å². The maximum absolute atomic E-state index is 12.2. The van der Waals surface area contributed by atoms with Crippen molar-refractivity contribution in [3.63, 3.8) is 0 Å². The van der Waals surface area contributed by atoms with Crippen LogP contribution in [-0.4, -0.2) is 37.3 Å². The van der Waals surface area contributed by atoms with Crippen LogP contribution in [0, 0.1) is 5.41 Å². The van der Waals surface area contributed by atoms with E-state index in [1.165, 1.54) is 11.1 Å². The van der Waals surface area contributed by atoms with Crippen molar-refractivity contribution in [2.45, 2.75) is 12.3 Å². The molecule has 0 saturated heterocycles. The summed E-state index contributed by atoms with van der Waals surface area (Å²) in [6.45, 7) is 0.424. The van der Waals surface area contributed by atoms with Crippen molar-refractivity contribution in [1.82, 2.24) is 10.6 Å². The van der Waals surface area contributed by atoms with Gasteiger partial charge >= 0.3 is 0 Å². The summed E-state index contributed by atoms with van der Waals surface area (Å²) in [4.78, 5) is 24.3. The molecule has 7 nitrogen and oxygen atoms in total. The Bertz CT molecular complexity index is 1030. The number of benzene rings is 3. The van der Waals surface area contributed by atoms with Crippen LogP contribution in [0.5, 0.6) is 0 Å². The second-order valence-corrected chi connectivity index (χ2v) is 7.64. The zero-order chi connectivity index (χ0) is 23.5. The number of hydrogen-bond donors (Lipinski definition) is 5. The fraction of sp³-hybridized carbons (Fsp3) is 0.192. The quantitative estimate of drug-likeness (QED) is 0.231. The molecule has 33 heavy (non-hydrogen) atoms. The van der Waals surface area contributed by atoms with Gasteiger partial charge in [-0.2, -0.15) is 0 Å². The van der Waals surface area contributed by atoms with Crippen LogP contribution in [0.25, 0.3) is 0 Å². The molecule has 6 N–H and O–H groups in total. The van der Waals surface area contributed by atoms with Gasteiger partial charge in [-0.1, -0.05) is 72.8 Å². The Morgan fingerprint density at radius 1 is 0.788 bits per heavy atom. The highest BCUT2D eigenvalue weighted by Gasteiger charge is 2.14. The summed E-state index contributed by atoms with van der Waals surface area (Å²) in [7, 11) is 0. The van der Waals surface area contributed by atoms with E-state index in [9.17, 15) is 9.59 Å². The van der Waals surface area contributed by atoms with E-state index in [0.29, 0.717) is 17.8 Å². The van der Waals surface area contributed by atoms with Crippen LogP contribution >= 0.6 is 0 Å². The van der Waals surface area contributed by atoms with Crippen LogP contribution < -0.4 is 21.7 Å². The van der Waals surface area contributed by atoms with Gasteiger partial charge in [0.15, 0.2) is 0 Å². The molecule has 0 radical (unpaired) electrons. The summed E-state index contributed by atoms with van der Waals surface area (Å²) < 4.78 is 0. The Kier molecular flexibility index (Phi) is 8.59. The van der Waals surface area contributed by atoms with Gasteiger partial charge in [-0.15, -0.1) is 0 Å². The third-order valence-electron chi connectivity index (χ3n) is 5.23. The predicted octanol–water partition coefficient (Wildman–Crippen LogP) is 2.84. The first-order valence-corrected chi connectivity index (χ1v) is 10.8. The first kappa shape index (κ1) is 23.5. The van der Waals surface area contributed by atoms with E-state index in [0.717, 1.165) is 6.42 Å². The topological polar surface area (TPSA) is 120 Å². The average Bonchev–Trinajstić information content (AvgIpc) is 2.85. The van der Waals surface area contributed by atoms with Crippen molar-refractivity contribution in [3.05, 3.63) is 102 Å². The standard InChI is InChI=1S/C26H29N5O2/c27-26(28)21-12-7-13-22(16-21)30-17-25(33)31-18-24(32)29-15-14-23(19-8-3-1-4-9-19)20-10-5-2-6-11-20/h1-13,16,23,30H,14-15,17-18H2,(H3,27,28)(H,29,32)(H,31,33). The molecule has 0 unspecified atom stereocenters. The minimum absolute atomic E-state index is 0.0126. The number of carbonyl (C=O) groups is 2. The Morgan fingerprint density at radius 2 is 1.39 bits per heavy atom. The molecule has 0 aromatic heterocycles. The molecule has 3 aromatic carbocycles. The van der Waals surface area contributed by atoms with Crippen molar-refractivity contribution in [2.75, 3.05) is 25.0 Å². The summed E-state index contributed by atoms with van der Waals surface area (Å²) in [5, 5.41) is 15.9. The molecule has 2 amide bonds. The number of carbonyl (C=O) groups excluding carboxylic acids is 2. The maximum atomic E-state index is 12.2. The first-order chi connectivity index (χ1) is 16.0. The monoisotopic (exact) mass is 443 g/mol. The van der Waals surface area contributed by atoms with Gasteiger partial charge in [0.25, 0.3) is 0 Å². The second-order valence-electron chi connectivity index (χ2n) is 7.64. The zero-order valence-corrected chi connectivity index (χ0v) is 18.4.